The maximum atomic E-state index is 3.45. The zero-order valence-electron chi connectivity index (χ0n) is 12.3. The van der Waals surface area contributed by atoms with E-state index in [2.05, 4.69) is 24.2 Å². The van der Waals surface area contributed by atoms with Crippen LogP contribution in [-0.2, 0) is 0 Å². The molecule has 1 aliphatic heterocycles. The molecule has 102 valence electrons. The fourth-order valence-electron chi connectivity index (χ4n) is 3.20. The summed E-state index contributed by atoms with van der Waals surface area (Å²) in [6, 6.07) is 0.884. The fourth-order valence-corrected chi connectivity index (χ4v) is 3.20. The second kappa shape index (κ2) is 8.10. The minimum Gasteiger partial charge on any atom is -0.317 e. The summed E-state index contributed by atoms with van der Waals surface area (Å²) in [5.74, 6) is 1.91. The van der Waals surface area contributed by atoms with Crippen LogP contribution in [0.4, 0.5) is 0 Å². The number of nitrogens with zero attached hydrogens (tertiary/aromatic N) is 1. The van der Waals surface area contributed by atoms with Crippen molar-refractivity contribution in [2.75, 3.05) is 26.7 Å². The van der Waals surface area contributed by atoms with Gasteiger partial charge in [-0.1, -0.05) is 20.8 Å². The first-order valence-electron chi connectivity index (χ1n) is 7.66. The standard InChI is InChI=1S/C13H26N2.C2H6/c1-11-3-4-13(9-11)15(2)10-12-5-7-14-8-6-12;1-2/h11-14H,3-10H2,1-2H3;1-2H3/t11-,13-;/m1./s1. The molecular formula is C15H32N2. The van der Waals surface area contributed by atoms with Gasteiger partial charge in [-0.25, -0.2) is 0 Å². The summed E-state index contributed by atoms with van der Waals surface area (Å²) >= 11 is 0. The SMILES string of the molecule is CC.C[C@@H]1CC[C@@H](N(C)CC2CCNCC2)C1. The van der Waals surface area contributed by atoms with Crippen molar-refractivity contribution in [1.29, 1.82) is 0 Å². The topological polar surface area (TPSA) is 15.3 Å². The Bertz CT molecular complexity index is 187. The molecule has 2 rings (SSSR count). The van der Waals surface area contributed by atoms with E-state index in [-0.39, 0.29) is 0 Å². The molecule has 0 bridgehead atoms. The van der Waals surface area contributed by atoms with Gasteiger partial charge in [0.15, 0.2) is 0 Å². The molecular weight excluding hydrogens is 208 g/mol. The molecule has 0 aromatic rings. The summed E-state index contributed by atoms with van der Waals surface area (Å²) in [7, 11) is 2.34. The van der Waals surface area contributed by atoms with Gasteiger partial charge in [0.25, 0.3) is 0 Å². The highest BCUT2D eigenvalue weighted by molar-refractivity contribution is 4.81. The van der Waals surface area contributed by atoms with Gasteiger partial charge in [-0.2, -0.15) is 0 Å². The lowest BCUT2D eigenvalue weighted by atomic mass is 9.97. The Hall–Kier alpha value is -0.0800. The lowest BCUT2D eigenvalue weighted by Gasteiger charge is -2.31. The Kier molecular flexibility index (Phi) is 7.14. The predicted octanol–water partition coefficient (Wildman–Crippen LogP) is 3.13. The molecule has 0 radical (unpaired) electrons. The number of hydrogen-bond acceptors (Lipinski definition) is 2. The van der Waals surface area contributed by atoms with Crippen LogP contribution in [0, 0.1) is 11.8 Å². The molecule has 1 saturated heterocycles. The van der Waals surface area contributed by atoms with E-state index in [1.165, 1.54) is 51.7 Å². The molecule has 2 nitrogen and oxygen atoms in total. The van der Waals surface area contributed by atoms with Gasteiger partial charge < -0.3 is 10.2 Å². The highest BCUT2D eigenvalue weighted by atomic mass is 15.1. The van der Waals surface area contributed by atoms with Crippen molar-refractivity contribution in [2.45, 2.75) is 58.9 Å². The van der Waals surface area contributed by atoms with Crippen molar-refractivity contribution in [3.8, 4) is 0 Å². The average Bonchev–Trinajstić information content (AvgIpc) is 2.80. The molecule has 0 amide bonds. The van der Waals surface area contributed by atoms with Gasteiger partial charge in [-0.05, 0) is 64.1 Å². The summed E-state index contributed by atoms with van der Waals surface area (Å²) in [4.78, 5) is 2.64. The summed E-state index contributed by atoms with van der Waals surface area (Å²) in [6.45, 7) is 10.2. The molecule has 0 spiro atoms. The largest absolute Gasteiger partial charge is 0.317 e. The van der Waals surface area contributed by atoms with E-state index in [0.717, 1.165) is 17.9 Å². The predicted molar refractivity (Wildman–Crippen MR) is 76.4 cm³/mol. The monoisotopic (exact) mass is 240 g/mol. The number of nitrogens with one attached hydrogen (secondary N) is 1. The Balaban J connectivity index is 0.000000686. The second-order valence-corrected chi connectivity index (χ2v) is 5.70. The molecule has 0 unspecified atom stereocenters. The molecule has 2 aliphatic rings. The second-order valence-electron chi connectivity index (χ2n) is 5.70. The fraction of sp³-hybridized carbons (Fsp3) is 1.00. The first-order chi connectivity index (χ1) is 8.25. The highest BCUT2D eigenvalue weighted by Gasteiger charge is 2.26. The number of piperidine rings is 1. The van der Waals surface area contributed by atoms with E-state index >= 15 is 0 Å². The molecule has 17 heavy (non-hydrogen) atoms. The van der Waals surface area contributed by atoms with Crippen LogP contribution in [0.2, 0.25) is 0 Å². The van der Waals surface area contributed by atoms with E-state index < -0.39 is 0 Å². The van der Waals surface area contributed by atoms with Crippen LogP contribution in [-0.4, -0.2) is 37.6 Å². The van der Waals surface area contributed by atoms with Crippen molar-refractivity contribution in [1.82, 2.24) is 10.2 Å². The molecule has 0 aromatic heterocycles. The average molecular weight is 240 g/mol. The van der Waals surface area contributed by atoms with E-state index in [1.807, 2.05) is 13.8 Å². The third kappa shape index (κ3) is 4.97. The molecule has 0 aromatic carbocycles. The van der Waals surface area contributed by atoms with Crippen LogP contribution < -0.4 is 5.32 Å². The summed E-state index contributed by atoms with van der Waals surface area (Å²) in [5.41, 5.74) is 0. The van der Waals surface area contributed by atoms with Crippen LogP contribution in [0.5, 0.6) is 0 Å². The quantitative estimate of drug-likeness (QED) is 0.815. The van der Waals surface area contributed by atoms with E-state index in [4.69, 9.17) is 0 Å². The van der Waals surface area contributed by atoms with Gasteiger partial charge in [0, 0.05) is 12.6 Å². The van der Waals surface area contributed by atoms with Gasteiger partial charge in [0.2, 0.25) is 0 Å². The van der Waals surface area contributed by atoms with Gasteiger partial charge in [0.05, 0.1) is 0 Å². The Morgan fingerprint density at radius 1 is 1.06 bits per heavy atom. The van der Waals surface area contributed by atoms with E-state index in [0.29, 0.717) is 0 Å². The van der Waals surface area contributed by atoms with Gasteiger partial charge in [-0.15, -0.1) is 0 Å². The Morgan fingerprint density at radius 2 is 1.71 bits per heavy atom. The molecule has 1 heterocycles. The summed E-state index contributed by atoms with van der Waals surface area (Å²) in [6.07, 6.45) is 7.07. The third-order valence-electron chi connectivity index (χ3n) is 4.30. The van der Waals surface area contributed by atoms with Crippen molar-refractivity contribution in [3.63, 3.8) is 0 Å². The summed E-state index contributed by atoms with van der Waals surface area (Å²) in [5, 5.41) is 3.45. The molecule has 1 N–H and O–H groups in total. The smallest absolute Gasteiger partial charge is 0.00949 e. The molecule has 2 heteroatoms. The maximum absolute atomic E-state index is 3.45. The first kappa shape index (κ1) is 15.0. The maximum Gasteiger partial charge on any atom is 0.00949 e. The van der Waals surface area contributed by atoms with Crippen molar-refractivity contribution < 1.29 is 0 Å². The molecule has 1 aliphatic carbocycles. The van der Waals surface area contributed by atoms with Gasteiger partial charge >= 0.3 is 0 Å². The van der Waals surface area contributed by atoms with Crippen molar-refractivity contribution in [3.05, 3.63) is 0 Å². The van der Waals surface area contributed by atoms with E-state index in [9.17, 15) is 0 Å². The lowest BCUT2D eigenvalue weighted by molar-refractivity contribution is 0.185. The van der Waals surface area contributed by atoms with E-state index in [1.54, 1.807) is 0 Å². The number of rotatable bonds is 3. The lowest BCUT2D eigenvalue weighted by Crippen LogP contribution is -2.38. The zero-order chi connectivity index (χ0) is 12.7. The van der Waals surface area contributed by atoms with Crippen LogP contribution in [0.25, 0.3) is 0 Å². The minimum absolute atomic E-state index is 0.884. The number of hydrogen-bond donors (Lipinski definition) is 1. The minimum atomic E-state index is 0.884. The third-order valence-corrected chi connectivity index (χ3v) is 4.30. The van der Waals surface area contributed by atoms with Crippen molar-refractivity contribution in [2.24, 2.45) is 11.8 Å². The zero-order valence-corrected chi connectivity index (χ0v) is 12.3. The Labute approximate surface area is 108 Å². The Morgan fingerprint density at radius 3 is 2.24 bits per heavy atom. The van der Waals surface area contributed by atoms with Crippen LogP contribution in [0.1, 0.15) is 52.9 Å². The first-order valence-corrected chi connectivity index (χ1v) is 7.66. The van der Waals surface area contributed by atoms with Gasteiger partial charge in [-0.3, -0.25) is 0 Å². The van der Waals surface area contributed by atoms with Crippen LogP contribution in [0.3, 0.4) is 0 Å². The summed E-state index contributed by atoms with van der Waals surface area (Å²) < 4.78 is 0. The molecule has 1 saturated carbocycles. The molecule has 2 atom stereocenters. The van der Waals surface area contributed by atoms with Gasteiger partial charge in [0.1, 0.15) is 0 Å². The normalized spacial score (nSPS) is 30.2. The highest BCUT2D eigenvalue weighted by Crippen LogP contribution is 2.29. The van der Waals surface area contributed by atoms with Crippen LogP contribution >= 0.6 is 0 Å². The van der Waals surface area contributed by atoms with Crippen LogP contribution in [0.15, 0.2) is 0 Å². The molecule has 2 fully saturated rings. The van der Waals surface area contributed by atoms with Crippen molar-refractivity contribution >= 4 is 0 Å².